The Labute approximate surface area is 147 Å². The molecule has 1 saturated heterocycles. The lowest BCUT2D eigenvalue weighted by atomic mass is 9.87. The number of piperidine rings is 1. The molecule has 2 rings (SSSR count). The van der Waals surface area contributed by atoms with Crippen molar-refractivity contribution in [1.82, 2.24) is 0 Å². The molecule has 0 radical (unpaired) electrons. The van der Waals surface area contributed by atoms with Crippen LogP contribution in [0.3, 0.4) is 0 Å². The third-order valence-corrected chi connectivity index (χ3v) is 5.36. The summed E-state index contributed by atoms with van der Waals surface area (Å²) in [6.45, 7) is 14.1. The summed E-state index contributed by atoms with van der Waals surface area (Å²) in [5.74, 6) is -0.209. The van der Waals surface area contributed by atoms with Crippen LogP contribution in [-0.4, -0.2) is 30.7 Å². The van der Waals surface area contributed by atoms with Gasteiger partial charge in [-0.2, -0.15) is 0 Å². The first kappa shape index (κ1) is 19.0. The van der Waals surface area contributed by atoms with E-state index in [-0.39, 0.29) is 17.5 Å². The zero-order valence-corrected chi connectivity index (χ0v) is 16.2. The largest absolute Gasteiger partial charge is 0.453 e. The molecule has 1 N–H and O–H groups in total. The number of esters is 1. The van der Waals surface area contributed by atoms with E-state index in [1.807, 2.05) is 31.2 Å². The molecule has 0 spiro atoms. The van der Waals surface area contributed by atoms with Crippen molar-refractivity contribution >= 4 is 5.97 Å². The summed E-state index contributed by atoms with van der Waals surface area (Å²) in [6.07, 6.45) is 3.81. The predicted molar refractivity (Wildman–Crippen MR) is 98.6 cm³/mol. The molecule has 1 heterocycles. The van der Waals surface area contributed by atoms with Crippen LogP contribution in [0.2, 0.25) is 0 Å². The molecule has 3 atom stereocenters. The Kier molecular flexibility index (Phi) is 6.08. The van der Waals surface area contributed by atoms with Crippen LogP contribution < -0.4 is 4.90 Å². The molecular weight excluding hydrogens is 298 g/mol. The van der Waals surface area contributed by atoms with Crippen LogP contribution >= 0.6 is 0 Å². The molecule has 1 aliphatic heterocycles. The van der Waals surface area contributed by atoms with Gasteiger partial charge in [0.2, 0.25) is 0 Å². The average molecular weight is 333 g/mol. The Bertz CT molecular complexity index is 534. The quantitative estimate of drug-likeness (QED) is 0.857. The van der Waals surface area contributed by atoms with E-state index < -0.39 is 0 Å². The Hall–Kier alpha value is -1.35. The molecule has 0 amide bonds. The summed E-state index contributed by atoms with van der Waals surface area (Å²) >= 11 is 0. The summed E-state index contributed by atoms with van der Waals surface area (Å²) in [4.78, 5) is 14.0. The van der Waals surface area contributed by atoms with Gasteiger partial charge >= 0.3 is 5.97 Å². The lowest BCUT2D eigenvalue weighted by molar-refractivity contribution is -0.953. The van der Waals surface area contributed by atoms with E-state index in [1.54, 1.807) is 4.90 Å². The molecule has 3 nitrogen and oxygen atoms in total. The molecule has 0 bridgehead atoms. The zero-order chi connectivity index (χ0) is 17.9. The van der Waals surface area contributed by atoms with E-state index in [0.29, 0.717) is 17.6 Å². The minimum Gasteiger partial charge on any atom is -0.453 e. The minimum absolute atomic E-state index is 0.0576. The second kappa shape index (κ2) is 7.69. The molecule has 24 heavy (non-hydrogen) atoms. The highest BCUT2D eigenvalue weighted by Gasteiger charge is 2.30. The lowest BCUT2D eigenvalue weighted by Crippen LogP contribution is -3.20. The molecule has 1 aliphatic rings. The topological polar surface area (TPSA) is 30.7 Å². The summed E-state index contributed by atoms with van der Waals surface area (Å²) < 4.78 is 5.70. The van der Waals surface area contributed by atoms with Gasteiger partial charge in [0, 0.05) is 0 Å². The first-order chi connectivity index (χ1) is 11.2. The van der Waals surface area contributed by atoms with Crippen molar-refractivity contribution in [3.8, 4) is 0 Å². The highest BCUT2D eigenvalue weighted by molar-refractivity contribution is 5.89. The zero-order valence-electron chi connectivity index (χ0n) is 16.2. The highest BCUT2D eigenvalue weighted by Crippen LogP contribution is 2.22. The number of carbonyl (C=O) groups is 1. The smallest absolute Gasteiger partial charge is 0.338 e. The van der Waals surface area contributed by atoms with Crippen LogP contribution in [0.15, 0.2) is 24.3 Å². The molecule has 0 unspecified atom stereocenters. The molecule has 1 fully saturated rings. The monoisotopic (exact) mass is 332 g/mol. The van der Waals surface area contributed by atoms with Gasteiger partial charge in [-0.15, -0.1) is 0 Å². The van der Waals surface area contributed by atoms with Crippen LogP contribution in [0.5, 0.6) is 0 Å². The van der Waals surface area contributed by atoms with Crippen LogP contribution in [-0.2, 0) is 10.2 Å². The summed E-state index contributed by atoms with van der Waals surface area (Å²) in [5.41, 5.74) is 1.97. The van der Waals surface area contributed by atoms with Crippen LogP contribution in [0.25, 0.3) is 0 Å². The van der Waals surface area contributed by atoms with Crippen molar-refractivity contribution in [1.29, 1.82) is 0 Å². The maximum Gasteiger partial charge on any atom is 0.338 e. The van der Waals surface area contributed by atoms with Crippen molar-refractivity contribution < 1.29 is 14.4 Å². The normalized spacial score (nSPS) is 23.8. The summed E-state index contributed by atoms with van der Waals surface area (Å²) in [5, 5.41) is 0. The fourth-order valence-electron chi connectivity index (χ4n) is 3.72. The van der Waals surface area contributed by atoms with E-state index in [4.69, 9.17) is 4.74 Å². The van der Waals surface area contributed by atoms with E-state index in [2.05, 4.69) is 34.6 Å². The highest BCUT2D eigenvalue weighted by atomic mass is 16.5. The number of hydrogen-bond donors (Lipinski definition) is 1. The van der Waals surface area contributed by atoms with E-state index in [9.17, 15) is 4.79 Å². The first-order valence-electron chi connectivity index (χ1n) is 9.35. The van der Waals surface area contributed by atoms with Crippen molar-refractivity contribution in [2.24, 2.45) is 0 Å². The fourth-order valence-corrected chi connectivity index (χ4v) is 3.72. The Balaban J connectivity index is 1.93. The summed E-state index contributed by atoms with van der Waals surface area (Å²) in [6, 6.07) is 9.13. The number of ether oxygens (including phenoxy) is 1. The van der Waals surface area contributed by atoms with E-state index >= 15 is 0 Å². The Morgan fingerprint density at radius 1 is 1.17 bits per heavy atom. The van der Waals surface area contributed by atoms with Crippen LogP contribution in [0.4, 0.5) is 0 Å². The molecule has 0 saturated carbocycles. The number of nitrogens with one attached hydrogen (secondary N) is 1. The molecule has 1 aromatic rings. The van der Waals surface area contributed by atoms with Gasteiger partial charge in [-0.3, -0.25) is 0 Å². The van der Waals surface area contributed by atoms with Crippen LogP contribution in [0.1, 0.15) is 76.7 Å². The number of rotatable bonds is 4. The molecule has 1 aromatic carbocycles. The second-order valence-corrected chi connectivity index (χ2v) is 8.56. The number of hydrogen-bond acceptors (Lipinski definition) is 2. The van der Waals surface area contributed by atoms with Crippen LogP contribution in [0, 0.1) is 0 Å². The standard InChI is InChI=1S/C21H33NO2/c1-15-8-7-9-16(2)22(15)14-17(3)24-20(23)18-10-12-19(13-11-18)21(4,5)6/h10-13,15-17H,7-9,14H2,1-6H3/p+1/t15-,16-,17+/m0/s1. The van der Waals surface area contributed by atoms with E-state index in [0.717, 1.165) is 6.54 Å². The van der Waals surface area contributed by atoms with Gasteiger partial charge in [-0.05, 0) is 63.1 Å². The third kappa shape index (κ3) is 4.83. The van der Waals surface area contributed by atoms with Gasteiger partial charge in [0.1, 0.15) is 12.6 Å². The fraction of sp³-hybridized carbons (Fsp3) is 0.667. The van der Waals surface area contributed by atoms with Gasteiger partial charge in [-0.25, -0.2) is 4.79 Å². The van der Waals surface area contributed by atoms with E-state index in [1.165, 1.54) is 24.8 Å². The van der Waals surface area contributed by atoms with Gasteiger partial charge in [0.05, 0.1) is 17.6 Å². The average Bonchev–Trinajstić information content (AvgIpc) is 2.50. The molecule has 134 valence electrons. The van der Waals surface area contributed by atoms with Gasteiger partial charge < -0.3 is 9.64 Å². The summed E-state index contributed by atoms with van der Waals surface area (Å²) in [7, 11) is 0. The third-order valence-electron chi connectivity index (χ3n) is 5.36. The minimum atomic E-state index is -0.209. The van der Waals surface area contributed by atoms with Crippen molar-refractivity contribution in [2.75, 3.05) is 6.54 Å². The Morgan fingerprint density at radius 2 is 1.71 bits per heavy atom. The number of benzene rings is 1. The second-order valence-electron chi connectivity index (χ2n) is 8.56. The molecular formula is C21H34NO2+. The number of carbonyl (C=O) groups excluding carboxylic acids is 1. The van der Waals surface area contributed by atoms with Gasteiger partial charge in [0.15, 0.2) is 0 Å². The van der Waals surface area contributed by atoms with Gasteiger partial charge in [-0.1, -0.05) is 32.9 Å². The molecule has 3 heteroatoms. The Morgan fingerprint density at radius 3 is 2.21 bits per heavy atom. The predicted octanol–water partition coefficient (Wildman–Crippen LogP) is 3.38. The number of likely N-dealkylation sites (tertiary alicyclic amines) is 1. The SMILES string of the molecule is C[C@H](C[NH+]1[C@@H](C)CCC[C@@H]1C)OC(=O)c1ccc(C(C)(C)C)cc1. The van der Waals surface area contributed by atoms with Crippen molar-refractivity contribution in [3.05, 3.63) is 35.4 Å². The molecule has 0 aliphatic carbocycles. The van der Waals surface area contributed by atoms with Crippen molar-refractivity contribution in [3.63, 3.8) is 0 Å². The molecule has 0 aromatic heterocycles. The maximum atomic E-state index is 12.4. The lowest BCUT2D eigenvalue weighted by Gasteiger charge is -2.37. The maximum absolute atomic E-state index is 12.4. The first-order valence-corrected chi connectivity index (χ1v) is 9.35. The number of quaternary nitrogens is 1. The van der Waals surface area contributed by atoms with Gasteiger partial charge in [0.25, 0.3) is 0 Å². The van der Waals surface area contributed by atoms with Crippen molar-refractivity contribution in [2.45, 2.75) is 84.4 Å².